The molecule has 3 N–H and O–H groups in total. The van der Waals surface area contributed by atoms with E-state index < -0.39 is 0 Å². The summed E-state index contributed by atoms with van der Waals surface area (Å²) in [7, 11) is 0. The minimum Gasteiger partial charge on any atom is -0.334 e. The van der Waals surface area contributed by atoms with E-state index in [1.54, 1.807) is 17.0 Å². The summed E-state index contributed by atoms with van der Waals surface area (Å²) in [6, 6.07) is 5.84. The number of nitrogens with two attached hydrogens (primary N) is 1. The van der Waals surface area contributed by atoms with Crippen LogP contribution in [-0.2, 0) is 4.79 Å². The maximum atomic E-state index is 13.2. The largest absolute Gasteiger partial charge is 0.334 e. The third-order valence-electron chi connectivity index (χ3n) is 4.51. The Hall–Kier alpha value is -2.32. The van der Waals surface area contributed by atoms with Crippen molar-refractivity contribution in [3.8, 4) is 10.4 Å². The maximum Gasteiger partial charge on any atom is 0.274 e. The third-order valence-corrected chi connectivity index (χ3v) is 5.53. The lowest BCUT2D eigenvalue weighted by Crippen LogP contribution is -2.47. The molecule has 1 aliphatic heterocycles. The Morgan fingerprint density at radius 1 is 1.35 bits per heavy atom. The summed E-state index contributed by atoms with van der Waals surface area (Å²) in [5.74, 6) is 4.39. The van der Waals surface area contributed by atoms with Gasteiger partial charge in [-0.2, -0.15) is 0 Å². The van der Waals surface area contributed by atoms with Crippen molar-refractivity contribution < 1.29 is 14.0 Å². The lowest BCUT2D eigenvalue weighted by Gasteiger charge is -2.35. The number of rotatable bonds is 4. The number of carbonyl (C=O) groups is 2. The van der Waals surface area contributed by atoms with Crippen LogP contribution in [0.5, 0.6) is 0 Å². The Balaban J connectivity index is 1.91. The number of piperidine rings is 1. The normalized spacial score (nSPS) is 17.2. The predicted molar refractivity (Wildman–Crippen MR) is 97.9 cm³/mol. The lowest BCUT2D eigenvalue weighted by molar-refractivity contribution is -0.122. The van der Waals surface area contributed by atoms with E-state index in [1.807, 2.05) is 6.92 Å². The van der Waals surface area contributed by atoms with Crippen LogP contribution in [0.1, 0.15) is 41.2 Å². The van der Waals surface area contributed by atoms with Crippen LogP contribution in [0.2, 0.25) is 0 Å². The zero-order valence-corrected chi connectivity index (χ0v) is 15.3. The number of aromatic nitrogens is 1. The topological polar surface area (TPSA) is 88.3 Å². The van der Waals surface area contributed by atoms with Gasteiger partial charge in [0.2, 0.25) is 5.91 Å². The fraction of sp³-hybridized carbons (Fsp3) is 0.389. The minimum atomic E-state index is -0.327. The van der Waals surface area contributed by atoms with Gasteiger partial charge in [0.15, 0.2) is 0 Å². The molecule has 1 aromatic heterocycles. The first-order chi connectivity index (χ1) is 12.5. The SMILES string of the molecule is Cc1nc(C(=O)N2CCCC[C@@H]2CC(=O)NN)c(-c2ccc(F)cc2)s1. The number of halogens is 1. The second-order valence-corrected chi connectivity index (χ2v) is 7.54. The summed E-state index contributed by atoms with van der Waals surface area (Å²) in [5, 5.41) is 0.765. The van der Waals surface area contributed by atoms with Crippen molar-refractivity contribution in [3.05, 3.63) is 40.8 Å². The van der Waals surface area contributed by atoms with Gasteiger partial charge in [-0.05, 0) is 43.9 Å². The van der Waals surface area contributed by atoms with Crippen molar-refractivity contribution in [2.75, 3.05) is 6.54 Å². The van der Waals surface area contributed by atoms with Gasteiger partial charge in [0, 0.05) is 19.0 Å². The summed E-state index contributed by atoms with van der Waals surface area (Å²) in [6.45, 7) is 2.42. The molecule has 2 heterocycles. The molecule has 1 fully saturated rings. The Morgan fingerprint density at radius 2 is 2.08 bits per heavy atom. The molecule has 0 saturated carbocycles. The van der Waals surface area contributed by atoms with Crippen LogP contribution in [-0.4, -0.2) is 34.3 Å². The van der Waals surface area contributed by atoms with Crippen molar-refractivity contribution in [3.63, 3.8) is 0 Å². The lowest BCUT2D eigenvalue weighted by atomic mass is 9.98. The molecule has 1 aromatic carbocycles. The highest BCUT2D eigenvalue weighted by atomic mass is 32.1. The zero-order chi connectivity index (χ0) is 18.7. The highest BCUT2D eigenvalue weighted by Crippen LogP contribution is 2.32. The summed E-state index contributed by atoms with van der Waals surface area (Å²) >= 11 is 1.40. The minimum absolute atomic E-state index is 0.178. The van der Waals surface area contributed by atoms with E-state index in [4.69, 9.17) is 5.84 Å². The Kier molecular flexibility index (Phi) is 5.63. The first kappa shape index (κ1) is 18.5. The number of aryl methyl sites for hydroxylation is 1. The number of carbonyl (C=O) groups excluding carboxylic acids is 2. The number of likely N-dealkylation sites (tertiary alicyclic amines) is 1. The molecule has 3 rings (SSSR count). The number of nitrogens with zero attached hydrogens (tertiary/aromatic N) is 2. The number of hydrazine groups is 1. The fourth-order valence-corrected chi connectivity index (χ4v) is 4.17. The molecule has 1 saturated heterocycles. The molecule has 0 aliphatic carbocycles. The molecular weight excluding hydrogens is 355 g/mol. The van der Waals surface area contributed by atoms with Gasteiger partial charge in [-0.15, -0.1) is 11.3 Å². The monoisotopic (exact) mass is 376 g/mol. The molecule has 26 heavy (non-hydrogen) atoms. The summed E-state index contributed by atoms with van der Waals surface area (Å²) in [4.78, 5) is 31.7. The first-order valence-electron chi connectivity index (χ1n) is 8.53. The highest BCUT2D eigenvalue weighted by Gasteiger charge is 2.32. The molecule has 0 unspecified atom stereocenters. The van der Waals surface area contributed by atoms with Crippen LogP contribution in [0, 0.1) is 12.7 Å². The van der Waals surface area contributed by atoms with E-state index in [-0.39, 0.29) is 30.1 Å². The quantitative estimate of drug-likeness (QED) is 0.488. The van der Waals surface area contributed by atoms with Gasteiger partial charge < -0.3 is 4.90 Å². The number of amides is 2. The molecular formula is C18H21FN4O2S. The maximum absolute atomic E-state index is 13.2. The van der Waals surface area contributed by atoms with Crippen molar-refractivity contribution in [2.45, 2.75) is 38.6 Å². The van der Waals surface area contributed by atoms with Gasteiger partial charge in [0.1, 0.15) is 11.5 Å². The fourth-order valence-electron chi connectivity index (χ4n) is 3.26. The number of thiazole rings is 1. The van der Waals surface area contributed by atoms with Gasteiger partial charge in [-0.1, -0.05) is 12.1 Å². The molecule has 8 heteroatoms. The molecule has 1 aliphatic rings. The second kappa shape index (κ2) is 7.92. The standard InChI is InChI=1S/C18H21FN4O2S/c1-11-21-16(17(26-11)12-5-7-13(19)8-6-12)18(25)23-9-3-2-4-14(23)10-15(24)22-20/h5-8,14H,2-4,9-10,20H2,1H3,(H,22,24)/t14-/m1/s1. The number of hydrogen-bond donors (Lipinski definition) is 2. The van der Waals surface area contributed by atoms with E-state index in [0.717, 1.165) is 34.7 Å². The van der Waals surface area contributed by atoms with Crippen LogP contribution < -0.4 is 11.3 Å². The molecule has 0 spiro atoms. The van der Waals surface area contributed by atoms with Crippen LogP contribution in [0.3, 0.4) is 0 Å². The van der Waals surface area contributed by atoms with Gasteiger partial charge in [0.25, 0.3) is 5.91 Å². The Labute approximate surface area is 155 Å². The van der Waals surface area contributed by atoms with Gasteiger partial charge in [-0.25, -0.2) is 15.2 Å². The van der Waals surface area contributed by atoms with Crippen molar-refractivity contribution in [2.24, 2.45) is 5.84 Å². The van der Waals surface area contributed by atoms with Crippen molar-refractivity contribution in [1.29, 1.82) is 0 Å². The average Bonchev–Trinajstić information content (AvgIpc) is 3.04. The van der Waals surface area contributed by atoms with E-state index in [0.29, 0.717) is 12.2 Å². The smallest absolute Gasteiger partial charge is 0.274 e. The molecule has 2 aromatic rings. The van der Waals surface area contributed by atoms with Gasteiger partial charge >= 0.3 is 0 Å². The van der Waals surface area contributed by atoms with Crippen LogP contribution in [0.4, 0.5) is 4.39 Å². The molecule has 138 valence electrons. The van der Waals surface area contributed by atoms with Crippen molar-refractivity contribution in [1.82, 2.24) is 15.3 Å². The second-order valence-electron chi connectivity index (χ2n) is 6.34. The molecule has 0 radical (unpaired) electrons. The highest BCUT2D eigenvalue weighted by molar-refractivity contribution is 7.15. The first-order valence-corrected chi connectivity index (χ1v) is 9.35. The van der Waals surface area contributed by atoms with E-state index >= 15 is 0 Å². The molecule has 6 nitrogen and oxygen atoms in total. The van der Waals surface area contributed by atoms with Gasteiger partial charge in [0.05, 0.1) is 9.88 Å². The van der Waals surface area contributed by atoms with Crippen LogP contribution in [0.15, 0.2) is 24.3 Å². The molecule has 1 atom stereocenters. The summed E-state index contributed by atoms with van der Waals surface area (Å²) in [6.07, 6.45) is 2.79. The number of nitrogens with one attached hydrogen (secondary N) is 1. The van der Waals surface area contributed by atoms with E-state index in [1.165, 1.54) is 23.5 Å². The Bertz CT molecular complexity index is 806. The molecule has 0 bridgehead atoms. The number of hydrogen-bond acceptors (Lipinski definition) is 5. The van der Waals surface area contributed by atoms with E-state index in [9.17, 15) is 14.0 Å². The van der Waals surface area contributed by atoms with Gasteiger partial charge in [-0.3, -0.25) is 15.0 Å². The van der Waals surface area contributed by atoms with Crippen LogP contribution in [0.25, 0.3) is 10.4 Å². The molecule has 2 amide bonds. The number of benzene rings is 1. The zero-order valence-electron chi connectivity index (χ0n) is 14.5. The third kappa shape index (κ3) is 3.91. The average molecular weight is 376 g/mol. The van der Waals surface area contributed by atoms with E-state index in [2.05, 4.69) is 10.4 Å². The van der Waals surface area contributed by atoms with Crippen molar-refractivity contribution >= 4 is 23.2 Å². The predicted octanol–water partition coefficient (Wildman–Crippen LogP) is 2.63. The van der Waals surface area contributed by atoms with Crippen LogP contribution >= 0.6 is 11.3 Å². The summed E-state index contributed by atoms with van der Waals surface area (Å²) in [5.41, 5.74) is 3.25. The Morgan fingerprint density at radius 3 is 2.77 bits per heavy atom. The summed E-state index contributed by atoms with van der Waals surface area (Å²) < 4.78 is 13.2.